The monoisotopic (exact) mass is 255 g/mol. The van der Waals surface area contributed by atoms with Gasteiger partial charge in [-0.15, -0.1) is 0 Å². The van der Waals surface area contributed by atoms with Crippen molar-refractivity contribution in [3.05, 3.63) is 0 Å². The quantitative estimate of drug-likeness (QED) is 0.290. The Kier molecular flexibility index (Phi) is 5.01. The summed E-state index contributed by atoms with van der Waals surface area (Å²) in [5.74, 6) is -2.56. The van der Waals surface area contributed by atoms with E-state index >= 15 is 0 Å². The highest BCUT2D eigenvalue weighted by atomic mass is 19.4. The van der Waals surface area contributed by atoms with Gasteiger partial charge in [0.05, 0.1) is 6.61 Å². The van der Waals surface area contributed by atoms with Crippen LogP contribution in [0.15, 0.2) is 5.16 Å². The molecule has 0 aromatic rings. The first-order chi connectivity index (χ1) is 7.95. The van der Waals surface area contributed by atoms with Gasteiger partial charge in [0.15, 0.2) is 5.84 Å². The van der Waals surface area contributed by atoms with E-state index in [2.05, 4.69) is 10.5 Å². The first kappa shape index (κ1) is 14.0. The molecule has 0 aromatic heterocycles. The van der Waals surface area contributed by atoms with Gasteiger partial charge in [-0.3, -0.25) is 0 Å². The Morgan fingerprint density at radius 3 is 2.76 bits per heavy atom. The molecule has 0 amide bonds. The summed E-state index contributed by atoms with van der Waals surface area (Å²) >= 11 is 0. The summed E-state index contributed by atoms with van der Waals surface area (Å²) in [6.07, 6.45) is -3.68. The van der Waals surface area contributed by atoms with Crippen LogP contribution in [-0.4, -0.2) is 43.5 Å². The molecule has 1 heterocycles. The largest absolute Gasteiger partial charge is 0.409 e. The molecule has 1 rings (SSSR count). The number of ether oxygens (including phenoxy) is 1. The third kappa shape index (κ3) is 4.39. The maximum atomic E-state index is 12.5. The fourth-order valence-corrected chi connectivity index (χ4v) is 1.63. The molecule has 2 atom stereocenters. The van der Waals surface area contributed by atoms with E-state index in [1.165, 1.54) is 0 Å². The SMILES string of the molecule is NC(=NO)C(CNCC1CCOC1)C(F)(F)F. The van der Waals surface area contributed by atoms with Gasteiger partial charge in [0, 0.05) is 19.7 Å². The third-order valence-corrected chi connectivity index (χ3v) is 2.67. The highest BCUT2D eigenvalue weighted by Gasteiger charge is 2.42. The summed E-state index contributed by atoms with van der Waals surface area (Å²) in [5.41, 5.74) is 5.01. The first-order valence-corrected chi connectivity index (χ1v) is 5.27. The van der Waals surface area contributed by atoms with Gasteiger partial charge in [-0.1, -0.05) is 5.16 Å². The van der Waals surface area contributed by atoms with Gasteiger partial charge in [0.25, 0.3) is 0 Å². The summed E-state index contributed by atoms with van der Waals surface area (Å²) in [7, 11) is 0. The van der Waals surface area contributed by atoms with E-state index in [4.69, 9.17) is 15.7 Å². The minimum atomic E-state index is -4.52. The summed E-state index contributed by atoms with van der Waals surface area (Å²) in [6.45, 7) is 1.25. The number of rotatable bonds is 5. The number of nitrogens with two attached hydrogens (primary N) is 1. The molecule has 0 saturated carbocycles. The number of hydrogen-bond acceptors (Lipinski definition) is 4. The van der Waals surface area contributed by atoms with E-state index in [0.717, 1.165) is 6.42 Å². The number of amidine groups is 1. The van der Waals surface area contributed by atoms with E-state index in [9.17, 15) is 13.2 Å². The smallest absolute Gasteiger partial charge is 0.400 e. The molecular weight excluding hydrogens is 239 g/mol. The Morgan fingerprint density at radius 2 is 2.29 bits per heavy atom. The molecule has 0 bridgehead atoms. The van der Waals surface area contributed by atoms with Crippen molar-refractivity contribution in [1.82, 2.24) is 5.32 Å². The van der Waals surface area contributed by atoms with Crippen molar-refractivity contribution in [3.63, 3.8) is 0 Å². The lowest BCUT2D eigenvalue weighted by Gasteiger charge is -2.20. The van der Waals surface area contributed by atoms with Crippen LogP contribution in [-0.2, 0) is 4.74 Å². The van der Waals surface area contributed by atoms with Crippen LogP contribution in [0.5, 0.6) is 0 Å². The van der Waals surface area contributed by atoms with Crippen molar-refractivity contribution in [1.29, 1.82) is 0 Å². The molecule has 0 aliphatic carbocycles. The van der Waals surface area contributed by atoms with Crippen LogP contribution >= 0.6 is 0 Å². The molecule has 0 aromatic carbocycles. The van der Waals surface area contributed by atoms with Gasteiger partial charge < -0.3 is 21.0 Å². The summed E-state index contributed by atoms with van der Waals surface area (Å²) in [5, 5.41) is 13.4. The number of alkyl halides is 3. The number of nitrogens with zero attached hydrogens (tertiary/aromatic N) is 1. The average molecular weight is 255 g/mol. The van der Waals surface area contributed by atoms with Crippen molar-refractivity contribution >= 4 is 5.84 Å². The number of hydrogen-bond donors (Lipinski definition) is 3. The van der Waals surface area contributed by atoms with Crippen LogP contribution < -0.4 is 11.1 Å². The molecule has 4 N–H and O–H groups in total. The third-order valence-electron chi connectivity index (χ3n) is 2.67. The molecule has 1 aliphatic rings. The lowest BCUT2D eigenvalue weighted by Crippen LogP contribution is -2.43. The highest BCUT2D eigenvalue weighted by molar-refractivity contribution is 5.83. The molecular formula is C9H16F3N3O2. The van der Waals surface area contributed by atoms with Crippen LogP contribution in [0.3, 0.4) is 0 Å². The molecule has 1 saturated heterocycles. The summed E-state index contributed by atoms with van der Waals surface area (Å²) in [4.78, 5) is 0. The van der Waals surface area contributed by atoms with E-state index in [-0.39, 0.29) is 5.92 Å². The molecule has 0 spiro atoms. The van der Waals surface area contributed by atoms with Gasteiger partial charge in [-0.05, 0) is 12.3 Å². The molecule has 2 unspecified atom stereocenters. The van der Waals surface area contributed by atoms with Crippen molar-refractivity contribution in [2.75, 3.05) is 26.3 Å². The van der Waals surface area contributed by atoms with Crippen molar-refractivity contribution < 1.29 is 23.1 Å². The van der Waals surface area contributed by atoms with Crippen molar-refractivity contribution in [2.45, 2.75) is 12.6 Å². The van der Waals surface area contributed by atoms with Crippen LogP contribution in [0.1, 0.15) is 6.42 Å². The van der Waals surface area contributed by atoms with Crippen molar-refractivity contribution in [3.8, 4) is 0 Å². The van der Waals surface area contributed by atoms with Gasteiger partial charge in [-0.2, -0.15) is 13.2 Å². The predicted octanol–water partition coefficient (Wildman–Crippen LogP) is 0.537. The minimum Gasteiger partial charge on any atom is -0.409 e. The Labute approximate surface area is 96.8 Å². The maximum absolute atomic E-state index is 12.5. The average Bonchev–Trinajstić information content (AvgIpc) is 2.74. The topological polar surface area (TPSA) is 79.9 Å². The molecule has 17 heavy (non-hydrogen) atoms. The van der Waals surface area contributed by atoms with Crippen LogP contribution in [0, 0.1) is 11.8 Å². The van der Waals surface area contributed by atoms with Crippen LogP contribution in [0.25, 0.3) is 0 Å². The van der Waals surface area contributed by atoms with Crippen LogP contribution in [0.2, 0.25) is 0 Å². The van der Waals surface area contributed by atoms with E-state index in [1.807, 2.05) is 0 Å². The molecule has 1 aliphatic heterocycles. The Balaban J connectivity index is 2.38. The lowest BCUT2D eigenvalue weighted by molar-refractivity contribution is -0.154. The summed E-state index contributed by atoms with van der Waals surface area (Å²) < 4.78 is 42.7. The second-order valence-corrected chi connectivity index (χ2v) is 4.01. The second-order valence-electron chi connectivity index (χ2n) is 4.01. The first-order valence-electron chi connectivity index (χ1n) is 5.27. The highest BCUT2D eigenvalue weighted by Crippen LogP contribution is 2.26. The van der Waals surface area contributed by atoms with E-state index in [1.54, 1.807) is 0 Å². The second kappa shape index (κ2) is 6.06. The number of oxime groups is 1. The molecule has 1 fully saturated rings. The van der Waals surface area contributed by atoms with E-state index < -0.39 is 24.5 Å². The van der Waals surface area contributed by atoms with E-state index in [0.29, 0.717) is 19.8 Å². The van der Waals surface area contributed by atoms with Crippen molar-refractivity contribution in [2.24, 2.45) is 22.7 Å². The molecule has 8 heteroatoms. The Morgan fingerprint density at radius 1 is 1.59 bits per heavy atom. The molecule has 0 radical (unpaired) electrons. The van der Waals surface area contributed by atoms with Gasteiger partial charge >= 0.3 is 6.18 Å². The minimum absolute atomic E-state index is 0.233. The number of nitrogens with one attached hydrogen (secondary N) is 1. The predicted molar refractivity (Wildman–Crippen MR) is 54.7 cm³/mol. The Hall–Kier alpha value is -1.02. The Bertz CT molecular complexity index is 265. The molecule has 5 nitrogen and oxygen atoms in total. The number of halogens is 3. The fraction of sp³-hybridized carbons (Fsp3) is 0.889. The summed E-state index contributed by atoms with van der Waals surface area (Å²) in [6, 6.07) is 0. The lowest BCUT2D eigenvalue weighted by atomic mass is 10.1. The standard InChI is InChI=1S/C9H16F3N3O2/c10-9(11,12)7(8(13)15-16)4-14-3-6-1-2-17-5-6/h6-7,14,16H,1-5H2,(H2,13,15). The zero-order valence-electron chi connectivity index (χ0n) is 9.20. The van der Waals surface area contributed by atoms with Gasteiger partial charge in [0.1, 0.15) is 5.92 Å². The molecule has 100 valence electrons. The fourth-order valence-electron chi connectivity index (χ4n) is 1.63. The zero-order valence-corrected chi connectivity index (χ0v) is 9.20. The van der Waals surface area contributed by atoms with Gasteiger partial charge in [-0.25, -0.2) is 0 Å². The normalized spacial score (nSPS) is 23.9. The maximum Gasteiger partial charge on any atom is 0.400 e. The van der Waals surface area contributed by atoms with Crippen LogP contribution in [0.4, 0.5) is 13.2 Å². The zero-order chi connectivity index (χ0) is 12.9. The van der Waals surface area contributed by atoms with Gasteiger partial charge in [0.2, 0.25) is 0 Å².